The second-order valence-electron chi connectivity index (χ2n) is 4.56. The molecule has 0 N–H and O–H groups in total. The number of hydrogen-bond donors (Lipinski definition) is 0. The number of nitriles is 1. The Kier molecular flexibility index (Phi) is 4.28. The van der Waals surface area contributed by atoms with Crippen LogP contribution in [0.3, 0.4) is 0 Å². The summed E-state index contributed by atoms with van der Waals surface area (Å²) in [4.78, 5) is 13.6. The first-order valence-electron chi connectivity index (χ1n) is 6.18. The number of carbonyl (C=O) groups excluding carboxylic acids is 1. The lowest BCUT2D eigenvalue weighted by Crippen LogP contribution is -2.37. The summed E-state index contributed by atoms with van der Waals surface area (Å²) < 4.78 is 4.76. The maximum atomic E-state index is 11.5. The number of piperidine rings is 1. The van der Waals surface area contributed by atoms with Gasteiger partial charge in [-0.2, -0.15) is 5.26 Å². The molecule has 0 atom stereocenters. The number of benzene rings is 1. The lowest BCUT2D eigenvalue weighted by atomic mass is 9.96. The van der Waals surface area contributed by atoms with Crippen LogP contribution in [0, 0.1) is 17.2 Å². The number of hydrogen-bond acceptors (Lipinski definition) is 4. The van der Waals surface area contributed by atoms with Crippen molar-refractivity contribution in [1.82, 2.24) is 0 Å². The topological polar surface area (TPSA) is 53.3 Å². The minimum Gasteiger partial charge on any atom is -0.469 e. The Labute approximate surface area is 117 Å². The van der Waals surface area contributed by atoms with Crippen molar-refractivity contribution < 1.29 is 9.53 Å². The number of anilines is 1. The van der Waals surface area contributed by atoms with Crippen molar-refractivity contribution in [3.05, 3.63) is 28.8 Å². The van der Waals surface area contributed by atoms with E-state index in [1.165, 1.54) is 7.11 Å². The Morgan fingerprint density at radius 3 is 2.74 bits per heavy atom. The minimum atomic E-state index is -0.142. The summed E-state index contributed by atoms with van der Waals surface area (Å²) in [6, 6.07) is 7.47. The molecule has 4 nitrogen and oxygen atoms in total. The number of nitrogens with zero attached hydrogens (tertiary/aromatic N) is 2. The molecule has 0 unspecified atom stereocenters. The van der Waals surface area contributed by atoms with Crippen LogP contribution in [0.25, 0.3) is 0 Å². The van der Waals surface area contributed by atoms with Crippen LogP contribution in [-0.4, -0.2) is 26.2 Å². The zero-order valence-corrected chi connectivity index (χ0v) is 11.5. The van der Waals surface area contributed by atoms with Gasteiger partial charge in [-0.1, -0.05) is 11.6 Å². The molecular weight excluding hydrogens is 264 g/mol. The Morgan fingerprint density at radius 1 is 1.47 bits per heavy atom. The highest BCUT2D eigenvalue weighted by molar-refractivity contribution is 6.30. The van der Waals surface area contributed by atoms with Crippen LogP contribution in [0.1, 0.15) is 18.4 Å². The molecular formula is C14H15ClN2O2. The second-order valence-corrected chi connectivity index (χ2v) is 4.99. The van der Waals surface area contributed by atoms with Crippen LogP contribution >= 0.6 is 11.6 Å². The first-order chi connectivity index (χ1) is 9.15. The third-order valence-corrected chi connectivity index (χ3v) is 3.68. The predicted molar refractivity (Wildman–Crippen MR) is 73.1 cm³/mol. The fourth-order valence-electron chi connectivity index (χ4n) is 2.40. The van der Waals surface area contributed by atoms with Crippen LogP contribution in [0.15, 0.2) is 18.2 Å². The van der Waals surface area contributed by atoms with Gasteiger partial charge in [-0.3, -0.25) is 4.79 Å². The van der Waals surface area contributed by atoms with Crippen LogP contribution < -0.4 is 4.90 Å². The molecule has 100 valence electrons. The molecule has 1 aromatic carbocycles. The van der Waals surface area contributed by atoms with Crippen LogP contribution in [-0.2, 0) is 9.53 Å². The van der Waals surface area contributed by atoms with Gasteiger partial charge in [0.2, 0.25) is 0 Å². The number of halogens is 1. The minimum absolute atomic E-state index is 0.0286. The predicted octanol–water partition coefficient (Wildman–Crippen LogP) is 2.60. The molecule has 2 rings (SSSR count). The fraction of sp³-hybridized carbons (Fsp3) is 0.429. The molecule has 0 aliphatic carbocycles. The number of ether oxygens (including phenoxy) is 1. The molecule has 1 saturated heterocycles. The van der Waals surface area contributed by atoms with Gasteiger partial charge in [-0.25, -0.2) is 0 Å². The van der Waals surface area contributed by atoms with Gasteiger partial charge in [0.1, 0.15) is 6.07 Å². The average molecular weight is 279 g/mol. The summed E-state index contributed by atoms with van der Waals surface area (Å²) in [7, 11) is 1.42. The molecule has 1 heterocycles. The average Bonchev–Trinajstić information content (AvgIpc) is 2.46. The summed E-state index contributed by atoms with van der Waals surface area (Å²) in [5.74, 6) is -0.171. The van der Waals surface area contributed by atoms with Gasteiger partial charge in [0.05, 0.1) is 24.3 Å². The molecule has 0 bridgehead atoms. The Balaban J connectivity index is 2.10. The zero-order valence-electron chi connectivity index (χ0n) is 10.7. The maximum absolute atomic E-state index is 11.5. The lowest BCUT2D eigenvalue weighted by Gasteiger charge is -2.32. The Morgan fingerprint density at radius 2 is 2.16 bits per heavy atom. The highest BCUT2D eigenvalue weighted by atomic mass is 35.5. The summed E-state index contributed by atoms with van der Waals surface area (Å²) in [6.07, 6.45) is 1.50. The highest BCUT2D eigenvalue weighted by Gasteiger charge is 2.26. The quantitative estimate of drug-likeness (QED) is 0.780. The number of rotatable bonds is 2. The van der Waals surface area contributed by atoms with Crippen molar-refractivity contribution >= 4 is 23.3 Å². The van der Waals surface area contributed by atoms with E-state index >= 15 is 0 Å². The van der Waals surface area contributed by atoms with E-state index in [1.807, 2.05) is 6.07 Å². The fourth-order valence-corrected chi connectivity index (χ4v) is 2.57. The number of esters is 1. The van der Waals surface area contributed by atoms with Gasteiger partial charge in [0.25, 0.3) is 0 Å². The Bertz CT molecular complexity index is 517. The van der Waals surface area contributed by atoms with E-state index in [0.29, 0.717) is 10.6 Å². The van der Waals surface area contributed by atoms with Crippen molar-refractivity contribution in [3.63, 3.8) is 0 Å². The standard InChI is InChI=1S/C14H15ClN2O2/c1-19-14(18)10-4-6-17(7-5-10)13-3-2-12(15)8-11(13)9-16/h2-3,8,10H,4-7H2,1H3. The van der Waals surface area contributed by atoms with Crippen molar-refractivity contribution in [2.24, 2.45) is 5.92 Å². The molecule has 19 heavy (non-hydrogen) atoms. The summed E-state index contributed by atoms with van der Waals surface area (Å²) >= 11 is 5.89. The summed E-state index contributed by atoms with van der Waals surface area (Å²) in [6.45, 7) is 1.49. The van der Waals surface area contributed by atoms with E-state index in [9.17, 15) is 4.79 Å². The largest absolute Gasteiger partial charge is 0.469 e. The second kappa shape index (κ2) is 5.94. The molecule has 1 aromatic rings. The van der Waals surface area contributed by atoms with E-state index in [0.717, 1.165) is 31.6 Å². The van der Waals surface area contributed by atoms with Gasteiger partial charge in [0.15, 0.2) is 0 Å². The number of carbonyl (C=O) groups is 1. The van der Waals surface area contributed by atoms with Gasteiger partial charge >= 0.3 is 5.97 Å². The van der Waals surface area contributed by atoms with Gasteiger partial charge < -0.3 is 9.64 Å². The monoisotopic (exact) mass is 278 g/mol. The van der Waals surface area contributed by atoms with Crippen molar-refractivity contribution in [1.29, 1.82) is 5.26 Å². The van der Waals surface area contributed by atoms with Gasteiger partial charge in [0, 0.05) is 18.1 Å². The van der Waals surface area contributed by atoms with Crippen LogP contribution in [0.4, 0.5) is 5.69 Å². The lowest BCUT2D eigenvalue weighted by molar-refractivity contribution is -0.146. The third kappa shape index (κ3) is 2.99. The SMILES string of the molecule is COC(=O)C1CCN(c2ccc(Cl)cc2C#N)CC1. The maximum Gasteiger partial charge on any atom is 0.308 e. The number of methoxy groups -OCH3 is 1. The van der Waals surface area contributed by atoms with Crippen molar-refractivity contribution in [2.75, 3.05) is 25.1 Å². The van der Waals surface area contributed by atoms with Crippen LogP contribution in [0.2, 0.25) is 5.02 Å². The van der Waals surface area contributed by atoms with E-state index < -0.39 is 0 Å². The smallest absolute Gasteiger partial charge is 0.308 e. The normalized spacial score (nSPS) is 15.9. The van der Waals surface area contributed by atoms with Crippen LogP contribution in [0.5, 0.6) is 0 Å². The molecule has 0 amide bonds. The van der Waals surface area contributed by atoms with E-state index in [-0.39, 0.29) is 11.9 Å². The molecule has 0 saturated carbocycles. The molecule has 1 aliphatic heterocycles. The molecule has 0 spiro atoms. The molecule has 0 radical (unpaired) electrons. The summed E-state index contributed by atoms with van der Waals surface area (Å²) in [5, 5.41) is 9.70. The Hall–Kier alpha value is -1.73. The summed E-state index contributed by atoms with van der Waals surface area (Å²) in [5.41, 5.74) is 1.46. The zero-order chi connectivity index (χ0) is 13.8. The molecule has 5 heteroatoms. The molecule has 1 fully saturated rings. The molecule has 0 aromatic heterocycles. The molecule has 1 aliphatic rings. The van der Waals surface area contributed by atoms with E-state index in [1.54, 1.807) is 12.1 Å². The first kappa shape index (κ1) is 13.7. The van der Waals surface area contributed by atoms with E-state index in [4.69, 9.17) is 21.6 Å². The van der Waals surface area contributed by atoms with E-state index in [2.05, 4.69) is 11.0 Å². The van der Waals surface area contributed by atoms with Crippen molar-refractivity contribution in [2.45, 2.75) is 12.8 Å². The van der Waals surface area contributed by atoms with Gasteiger partial charge in [-0.15, -0.1) is 0 Å². The van der Waals surface area contributed by atoms with Crippen molar-refractivity contribution in [3.8, 4) is 6.07 Å². The van der Waals surface area contributed by atoms with Gasteiger partial charge in [-0.05, 0) is 31.0 Å². The first-order valence-corrected chi connectivity index (χ1v) is 6.56. The highest BCUT2D eigenvalue weighted by Crippen LogP contribution is 2.28. The third-order valence-electron chi connectivity index (χ3n) is 3.45.